The average Bonchev–Trinajstić information content (AvgIpc) is 2.85. The minimum atomic E-state index is -0.274. The van der Waals surface area contributed by atoms with Gasteiger partial charge in [0.15, 0.2) is 0 Å². The Hall–Kier alpha value is -0.820. The molecule has 0 bridgehead atoms. The fraction of sp³-hybridized carbons (Fsp3) is 0.643. The third-order valence-corrected chi connectivity index (χ3v) is 5.47. The van der Waals surface area contributed by atoms with Gasteiger partial charge in [0.1, 0.15) is 0 Å². The first kappa shape index (κ1) is 15.1. The van der Waals surface area contributed by atoms with Crippen molar-refractivity contribution in [3.63, 3.8) is 0 Å². The smallest absolute Gasteiger partial charge is 0.321 e. The van der Waals surface area contributed by atoms with Gasteiger partial charge in [0.05, 0.1) is 22.4 Å². The van der Waals surface area contributed by atoms with Gasteiger partial charge in [0.2, 0.25) is 0 Å². The molecule has 3 rings (SSSR count). The van der Waals surface area contributed by atoms with Gasteiger partial charge in [-0.1, -0.05) is 11.6 Å². The molecule has 0 saturated carbocycles. The summed E-state index contributed by atoms with van der Waals surface area (Å²) < 4.78 is 5.89. The second kappa shape index (κ2) is 6.12. The van der Waals surface area contributed by atoms with Gasteiger partial charge < -0.3 is 20.1 Å². The van der Waals surface area contributed by atoms with E-state index in [0.717, 1.165) is 12.8 Å². The maximum atomic E-state index is 12.2. The zero-order valence-corrected chi connectivity index (χ0v) is 13.3. The van der Waals surface area contributed by atoms with Crippen molar-refractivity contribution in [2.24, 2.45) is 0 Å². The first-order chi connectivity index (χ1) is 10.1. The molecule has 1 atom stereocenters. The molecule has 2 aliphatic heterocycles. The quantitative estimate of drug-likeness (QED) is 0.832. The number of hydrogen-bond acceptors (Lipinski definition) is 4. The Morgan fingerprint density at radius 2 is 2.24 bits per heavy atom. The first-order valence-corrected chi connectivity index (χ1v) is 8.50. The van der Waals surface area contributed by atoms with Gasteiger partial charge in [-0.25, -0.2) is 4.79 Å². The normalized spacial score (nSPS) is 25.0. The van der Waals surface area contributed by atoms with Gasteiger partial charge >= 0.3 is 6.03 Å². The van der Waals surface area contributed by atoms with E-state index in [1.54, 1.807) is 10.3 Å². The molecule has 0 radical (unpaired) electrons. The predicted molar refractivity (Wildman–Crippen MR) is 83.1 cm³/mol. The van der Waals surface area contributed by atoms with E-state index < -0.39 is 0 Å². The maximum absolute atomic E-state index is 12.2. The van der Waals surface area contributed by atoms with Crippen LogP contribution < -0.4 is 5.32 Å². The predicted octanol–water partition coefficient (Wildman–Crippen LogP) is 2.94. The summed E-state index contributed by atoms with van der Waals surface area (Å²) in [5, 5.41) is 16.8. The molecular weight excluding hydrogens is 312 g/mol. The number of ether oxygens (including phenoxy) is 1. The maximum Gasteiger partial charge on any atom is 0.321 e. The summed E-state index contributed by atoms with van der Waals surface area (Å²) in [7, 11) is 0. The standard InChI is InChI=1S/C14H19ClN2O3S/c15-11-8-21-9-12(11)16-13(19)17-4-2-14(3-5-17)7-10(18)1-6-20-14/h8-10,18H,1-7H2,(H,16,19). The Labute approximate surface area is 132 Å². The van der Waals surface area contributed by atoms with Crippen molar-refractivity contribution in [1.82, 2.24) is 4.90 Å². The van der Waals surface area contributed by atoms with Crippen LogP contribution in [0.2, 0.25) is 5.02 Å². The molecule has 5 nitrogen and oxygen atoms in total. The SMILES string of the molecule is O=C(Nc1cscc1Cl)N1CCC2(CC1)CC(O)CCO2. The number of thiophene rings is 1. The highest BCUT2D eigenvalue weighted by Crippen LogP contribution is 2.35. The lowest BCUT2D eigenvalue weighted by molar-refractivity contribution is -0.139. The van der Waals surface area contributed by atoms with Gasteiger partial charge in [0, 0.05) is 36.9 Å². The molecule has 3 heterocycles. The number of likely N-dealkylation sites (tertiary alicyclic amines) is 1. The molecule has 2 saturated heterocycles. The van der Waals surface area contributed by atoms with Crippen LogP contribution in [-0.4, -0.2) is 47.4 Å². The average molecular weight is 331 g/mol. The molecule has 0 aromatic carbocycles. The van der Waals surface area contributed by atoms with Crippen LogP contribution in [0.15, 0.2) is 10.8 Å². The highest BCUT2D eigenvalue weighted by Gasteiger charge is 2.40. The van der Waals surface area contributed by atoms with Crippen LogP contribution in [0.1, 0.15) is 25.7 Å². The molecule has 2 amide bonds. The Bertz CT molecular complexity index is 514. The number of carbonyl (C=O) groups is 1. The molecule has 1 aromatic rings. The van der Waals surface area contributed by atoms with Crippen LogP contribution in [0.4, 0.5) is 10.5 Å². The van der Waals surface area contributed by atoms with Crippen LogP contribution in [0, 0.1) is 0 Å². The van der Waals surface area contributed by atoms with Crippen LogP contribution in [-0.2, 0) is 4.74 Å². The minimum absolute atomic E-state index is 0.124. The number of rotatable bonds is 1. The fourth-order valence-electron chi connectivity index (χ4n) is 3.03. The molecule has 21 heavy (non-hydrogen) atoms. The molecule has 116 valence electrons. The number of aliphatic hydroxyl groups is 1. The zero-order valence-electron chi connectivity index (χ0n) is 11.7. The summed E-state index contributed by atoms with van der Waals surface area (Å²) in [4.78, 5) is 14.0. The van der Waals surface area contributed by atoms with Gasteiger partial charge in [-0.15, -0.1) is 11.3 Å². The number of urea groups is 1. The van der Waals surface area contributed by atoms with Crippen molar-refractivity contribution in [1.29, 1.82) is 0 Å². The van der Waals surface area contributed by atoms with E-state index in [4.69, 9.17) is 16.3 Å². The third kappa shape index (κ3) is 3.34. The van der Waals surface area contributed by atoms with E-state index in [9.17, 15) is 9.90 Å². The van der Waals surface area contributed by atoms with Gasteiger partial charge in [0.25, 0.3) is 0 Å². The monoisotopic (exact) mass is 330 g/mol. The van der Waals surface area contributed by atoms with Crippen LogP contribution in [0.25, 0.3) is 0 Å². The van der Waals surface area contributed by atoms with Gasteiger partial charge in [-0.3, -0.25) is 0 Å². The number of amides is 2. The number of aliphatic hydroxyl groups excluding tert-OH is 1. The molecular formula is C14H19ClN2O3S. The number of anilines is 1. The van der Waals surface area contributed by atoms with E-state index in [2.05, 4.69) is 5.32 Å². The molecule has 2 aliphatic rings. The van der Waals surface area contributed by atoms with Gasteiger partial charge in [-0.05, 0) is 19.3 Å². The first-order valence-electron chi connectivity index (χ1n) is 7.18. The lowest BCUT2D eigenvalue weighted by Gasteiger charge is -2.45. The summed E-state index contributed by atoms with van der Waals surface area (Å²) in [6, 6.07) is -0.124. The summed E-state index contributed by atoms with van der Waals surface area (Å²) >= 11 is 7.44. The largest absolute Gasteiger partial charge is 0.393 e. The van der Waals surface area contributed by atoms with Crippen LogP contribution in [0.5, 0.6) is 0 Å². The lowest BCUT2D eigenvalue weighted by Crippen LogP contribution is -2.52. The second-order valence-electron chi connectivity index (χ2n) is 5.73. The fourth-order valence-corrected chi connectivity index (χ4v) is 3.99. The second-order valence-corrected chi connectivity index (χ2v) is 6.88. The van der Waals surface area contributed by atoms with E-state index in [1.165, 1.54) is 11.3 Å². The summed E-state index contributed by atoms with van der Waals surface area (Å²) in [5.74, 6) is 0. The summed E-state index contributed by atoms with van der Waals surface area (Å²) in [5.41, 5.74) is 0.422. The Balaban J connectivity index is 1.55. The van der Waals surface area contributed by atoms with Gasteiger partial charge in [-0.2, -0.15) is 0 Å². The van der Waals surface area contributed by atoms with E-state index in [0.29, 0.717) is 43.2 Å². The van der Waals surface area contributed by atoms with Crippen molar-refractivity contribution in [3.05, 3.63) is 15.8 Å². The molecule has 2 fully saturated rings. The molecule has 0 aliphatic carbocycles. The molecule has 2 N–H and O–H groups in total. The van der Waals surface area contributed by atoms with E-state index in [1.807, 2.05) is 5.38 Å². The van der Waals surface area contributed by atoms with Crippen molar-refractivity contribution in [2.75, 3.05) is 25.0 Å². The zero-order chi connectivity index (χ0) is 14.9. The number of nitrogens with one attached hydrogen (secondary N) is 1. The van der Waals surface area contributed by atoms with Crippen molar-refractivity contribution < 1.29 is 14.6 Å². The number of halogens is 1. The molecule has 1 unspecified atom stereocenters. The highest BCUT2D eigenvalue weighted by molar-refractivity contribution is 7.09. The molecule has 7 heteroatoms. The van der Waals surface area contributed by atoms with Crippen molar-refractivity contribution >= 4 is 34.7 Å². The lowest BCUT2D eigenvalue weighted by atomic mass is 9.83. The topological polar surface area (TPSA) is 61.8 Å². The van der Waals surface area contributed by atoms with Crippen LogP contribution >= 0.6 is 22.9 Å². The van der Waals surface area contributed by atoms with Crippen molar-refractivity contribution in [2.45, 2.75) is 37.4 Å². The minimum Gasteiger partial charge on any atom is -0.393 e. The number of carbonyl (C=O) groups excluding carboxylic acids is 1. The Kier molecular flexibility index (Phi) is 4.40. The van der Waals surface area contributed by atoms with E-state index >= 15 is 0 Å². The summed E-state index contributed by atoms with van der Waals surface area (Å²) in [6.07, 6.45) is 2.66. The number of piperidine rings is 1. The summed E-state index contributed by atoms with van der Waals surface area (Å²) in [6.45, 7) is 1.89. The molecule has 1 spiro atoms. The van der Waals surface area contributed by atoms with E-state index in [-0.39, 0.29) is 17.7 Å². The third-order valence-electron chi connectivity index (χ3n) is 4.29. The Morgan fingerprint density at radius 3 is 2.86 bits per heavy atom. The Morgan fingerprint density at radius 1 is 1.48 bits per heavy atom. The molecule has 1 aromatic heterocycles. The highest BCUT2D eigenvalue weighted by atomic mass is 35.5. The number of hydrogen-bond donors (Lipinski definition) is 2. The van der Waals surface area contributed by atoms with Crippen molar-refractivity contribution in [3.8, 4) is 0 Å². The van der Waals surface area contributed by atoms with Crippen LogP contribution in [0.3, 0.4) is 0 Å². The number of nitrogens with zero attached hydrogens (tertiary/aromatic N) is 1.